The van der Waals surface area contributed by atoms with E-state index in [0.717, 1.165) is 30.7 Å². The Morgan fingerprint density at radius 1 is 1.59 bits per heavy atom. The van der Waals surface area contributed by atoms with Crippen LogP contribution in [0.15, 0.2) is 11.6 Å². The third-order valence-electron chi connectivity index (χ3n) is 3.30. The van der Waals surface area contributed by atoms with Crippen LogP contribution in [0.2, 0.25) is 0 Å². The topological polar surface area (TPSA) is 53.4 Å². The van der Waals surface area contributed by atoms with Crippen LogP contribution in [0.1, 0.15) is 37.1 Å². The first-order chi connectivity index (χ1) is 8.09. The summed E-state index contributed by atoms with van der Waals surface area (Å²) in [7, 11) is 1.77. The lowest BCUT2D eigenvalue weighted by Crippen LogP contribution is -2.35. The lowest BCUT2D eigenvalue weighted by molar-refractivity contribution is -0.135. The van der Waals surface area contributed by atoms with Crippen molar-refractivity contribution in [3.05, 3.63) is 16.6 Å². The molecule has 0 spiro atoms. The summed E-state index contributed by atoms with van der Waals surface area (Å²) >= 11 is 1.54. The van der Waals surface area contributed by atoms with Gasteiger partial charge in [-0.15, -0.1) is 11.3 Å². The first-order valence-electron chi connectivity index (χ1n) is 5.94. The van der Waals surface area contributed by atoms with Crippen LogP contribution in [-0.4, -0.2) is 33.5 Å². The summed E-state index contributed by atoms with van der Waals surface area (Å²) in [6.07, 6.45) is 5.55. The number of hydrogen-bond acceptors (Lipinski definition) is 4. The Morgan fingerprint density at radius 2 is 2.29 bits per heavy atom. The second kappa shape index (κ2) is 5.14. The van der Waals surface area contributed by atoms with Crippen LogP contribution in [-0.2, 0) is 11.3 Å². The van der Waals surface area contributed by atoms with Gasteiger partial charge >= 0.3 is 0 Å². The molecule has 0 aliphatic heterocycles. The molecule has 0 bridgehead atoms. The molecular weight excluding hydrogens is 236 g/mol. The third-order valence-corrected chi connectivity index (χ3v) is 4.06. The zero-order valence-corrected chi connectivity index (χ0v) is 10.9. The maximum atomic E-state index is 12.0. The molecule has 94 valence electrons. The van der Waals surface area contributed by atoms with Crippen molar-refractivity contribution >= 4 is 17.2 Å². The largest absolute Gasteiger partial charge is 0.389 e. The van der Waals surface area contributed by atoms with Gasteiger partial charge in [0.25, 0.3) is 0 Å². The van der Waals surface area contributed by atoms with Crippen molar-refractivity contribution in [3.63, 3.8) is 0 Å². The molecule has 0 aromatic carbocycles. The van der Waals surface area contributed by atoms with E-state index in [-0.39, 0.29) is 12.3 Å². The van der Waals surface area contributed by atoms with Crippen molar-refractivity contribution in [1.82, 2.24) is 9.88 Å². The average Bonchev–Trinajstić information content (AvgIpc) is 2.90. The fourth-order valence-corrected chi connectivity index (χ4v) is 2.92. The van der Waals surface area contributed by atoms with Gasteiger partial charge in [0.05, 0.1) is 18.6 Å². The molecule has 0 radical (unpaired) electrons. The predicted molar refractivity (Wildman–Crippen MR) is 66.6 cm³/mol. The van der Waals surface area contributed by atoms with E-state index < -0.39 is 5.60 Å². The number of nitrogens with zero attached hydrogens (tertiary/aromatic N) is 2. The summed E-state index contributed by atoms with van der Waals surface area (Å²) in [5.74, 6) is 0.00426. The fraction of sp³-hybridized carbons (Fsp3) is 0.667. The van der Waals surface area contributed by atoms with Gasteiger partial charge in [-0.3, -0.25) is 4.79 Å². The van der Waals surface area contributed by atoms with Crippen molar-refractivity contribution in [2.45, 2.75) is 44.2 Å². The lowest BCUT2D eigenvalue weighted by Gasteiger charge is -2.24. The van der Waals surface area contributed by atoms with E-state index >= 15 is 0 Å². The Kier molecular flexibility index (Phi) is 3.79. The third kappa shape index (κ3) is 3.26. The van der Waals surface area contributed by atoms with Gasteiger partial charge in [-0.25, -0.2) is 4.98 Å². The molecule has 1 aliphatic rings. The predicted octanol–water partition coefficient (Wildman–Crippen LogP) is 1.80. The Morgan fingerprint density at radius 3 is 2.88 bits per heavy atom. The van der Waals surface area contributed by atoms with Gasteiger partial charge in [-0.1, -0.05) is 12.8 Å². The van der Waals surface area contributed by atoms with Crippen molar-refractivity contribution in [3.8, 4) is 0 Å². The second-order valence-electron chi connectivity index (χ2n) is 4.78. The molecule has 1 aromatic heterocycles. The van der Waals surface area contributed by atoms with Gasteiger partial charge < -0.3 is 10.0 Å². The zero-order chi connectivity index (χ0) is 12.3. The highest BCUT2D eigenvalue weighted by molar-refractivity contribution is 7.09. The van der Waals surface area contributed by atoms with E-state index in [1.54, 1.807) is 29.5 Å². The number of amides is 1. The SMILES string of the molecule is CN(Cc1nccs1)C(=O)CC1(O)CCCC1. The number of rotatable bonds is 4. The van der Waals surface area contributed by atoms with Gasteiger partial charge in [0, 0.05) is 18.6 Å². The minimum Gasteiger partial charge on any atom is -0.389 e. The first-order valence-corrected chi connectivity index (χ1v) is 6.82. The van der Waals surface area contributed by atoms with Crippen LogP contribution in [0.5, 0.6) is 0 Å². The highest BCUT2D eigenvalue weighted by atomic mass is 32.1. The monoisotopic (exact) mass is 254 g/mol. The second-order valence-corrected chi connectivity index (χ2v) is 5.76. The normalized spacial score (nSPS) is 18.2. The van der Waals surface area contributed by atoms with Gasteiger partial charge in [0.15, 0.2) is 0 Å². The summed E-state index contributed by atoms with van der Waals surface area (Å²) in [6.45, 7) is 0.534. The summed E-state index contributed by atoms with van der Waals surface area (Å²) in [5, 5.41) is 13.0. The molecule has 1 saturated carbocycles. The highest BCUT2D eigenvalue weighted by Crippen LogP contribution is 2.32. The molecule has 0 saturated heterocycles. The minimum absolute atomic E-state index is 0.00426. The van der Waals surface area contributed by atoms with E-state index in [0.29, 0.717) is 6.54 Å². The van der Waals surface area contributed by atoms with Crippen molar-refractivity contribution in [2.24, 2.45) is 0 Å². The number of carbonyl (C=O) groups is 1. The van der Waals surface area contributed by atoms with Crippen molar-refractivity contribution in [1.29, 1.82) is 0 Å². The van der Waals surface area contributed by atoms with Gasteiger partial charge in [0.2, 0.25) is 5.91 Å². The molecule has 1 N–H and O–H groups in total. The van der Waals surface area contributed by atoms with Crippen molar-refractivity contribution in [2.75, 3.05) is 7.05 Å². The standard InChI is InChI=1S/C12H18N2O2S/c1-14(9-10-13-6-7-17-10)11(15)8-12(16)4-2-3-5-12/h6-7,16H,2-5,8-9H2,1H3. The molecule has 1 amide bonds. The van der Waals surface area contributed by atoms with E-state index in [1.165, 1.54) is 0 Å². The quantitative estimate of drug-likeness (QED) is 0.891. The van der Waals surface area contributed by atoms with Crippen LogP contribution >= 0.6 is 11.3 Å². The molecule has 0 unspecified atom stereocenters. The summed E-state index contributed by atoms with van der Waals surface area (Å²) in [4.78, 5) is 17.8. The lowest BCUT2D eigenvalue weighted by atomic mass is 9.97. The van der Waals surface area contributed by atoms with Gasteiger partial charge in [-0.2, -0.15) is 0 Å². The molecule has 0 atom stereocenters. The Labute approximate surface area is 105 Å². The van der Waals surface area contributed by atoms with E-state index in [1.807, 2.05) is 5.38 Å². The van der Waals surface area contributed by atoms with Gasteiger partial charge in [-0.05, 0) is 12.8 Å². The van der Waals surface area contributed by atoms with Gasteiger partial charge in [0.1, 0.15) is 5.01 Å². The first kappa shape index (κ1) is 12.5. The number of aromatic nitrogens is 1. The smallest absolute Gasteiger partial charge is 0.225 e. The summed E-state index contributed by atoms with van der Waals surface area (Å²) < 4.78 is 0. The Bertz CT molecular complexity index is 372. The molecule has 2 rings (SSSR count). The maximum absolute atomic E-state index is 12.0. The number of aliphatic hydroxyl groups is 1. The van der Waals surface area contributed by atoms with Crippen LogP contribution < -0.4 is 0 Å². The Hall–Kier alpha value is -0.940. The van der Waals surface area contributed by atoms with E-state index in [4.69, 9.17) is 0 Å². The fourth-order valence-electron chi connectivity index (χ4n) is 2.25. The van der Waals surface area contributed by atoms with Crippen LogP contribution in [0.25, 0.3) is 0 Å². The maximum Gasteiger partial charge on any atom is 0.225 e. The average molecular weight is 254 g/mol. The van der Waals surface area contributed by atoms with Crippen LogP contribution in [0.4, 0.5) is 0 Å². The van der Waals surface area contributed by atoms with Crippen LogP contribution in [0, 0.1) is 0 Å². The van der Waals surface area contributed by atoms with Crippen LogP contribution in [0.3, 0.4) is 0 Å². The Balaban J connectivity index is 1.87. The number of hydrogen-bond donors (Lipinski definition) is 1. The van der Waals surface area contributed by atoms with Crippen molar-refractivity contribution < 1.29 is 9.90 Å². The molecule has 1 aliphatic carbocycles. The molecule has 5 heteroatoms. The molecular formula is C12H18N2O2S. The summed E-state index contributed by atoms with van der Waals surface area (Å²) in [5.41, 5.74) is -0.756. The molecule has 1 aromatic rings. The molecule has 4 nitrogen and oxygen atoms in total. The zero-order valence-electron chi connectivity index (χ0n) is 10.1. The minimum atomic E-state index is -0.756. The van der Waals surface area contributed by atoms with E-state index in [9.17, 15) is 9.90 Å². The highest BCUT2D eigenvalue weighted by Gasteiger charge is 2.34. The number of carbonyl (C=O) groups excluding carboxylic acids is 1. The molecule has 1 fully saturated rings. The van der Waals surface area contributed by atoms with E-state index in [2.05, 4.69) is 4.98 Å². The summed E-state index contributed by atoms with van der Waals surface area (Å²) in [6, 6.07) is 0. The number of thiazole rings is 1. The molecule has 1 heterocycles. The molecule has 17 heavy (non-hydrogen) atoms.